The van der Waals surface area contributed by atoms with Crippen molar-refractivity contribution in [1.29, 1.82) is 0 Å². The van der Waals surface area contributed by atoms with Gasteiger partial charge in [0.2, 0.25) is 0 Å². The number of ether oxygens (including phenoxy) is 5. The Morgan fingerprint density at radius 2 is 0.881 bits per heavy atom. The van der Waals surface area contributed by atoms with Gasteiger partial charge in [-0.1, -0.05) is 0 Å². The molecule has 4 aromatic carbocycles. The van der Waals surface area contributed by atoms with Gasteiger partial charge < -0.3 is 0 Å². The summed E-state index contributed by atoms with van der Waals surface area (Å²) in [5, 5.41) is 0. The van der Waals surface area contributed by atoms with Crippen LogP contribution in [-0.4, -0.2) is 37.1 Å². The molecule has 7 heteroatoms. The van der Waals surface area contributed by atoms with E-state index < -0.39 is 29.4 Å². The van der Waals surface area contributed by atoms with Crippen LogP contribution in [0.25, 0.3) is 0 Å². The summed E-state index contributed by atoms with van der Waals surface area (Å²) in [5.74, 6) is 0. The van der Waals surface area contributed by atoms with Crippen LogP contribution in [0.4, 0.5) is 0 Å². The van der Waals surface area contributed by atoms with E-state index in [0.29, 0.717) is 33.0 Å². The van der Waals surface area contributed by atoms with Gasteiger partial charge in [-0.3, -0.25) is 0 Å². The van der Waals surface area contributed by atoms with Crippen LogP contribution in [0.2, 0.25) is 3.93 Å². The van der Waals surface area contributed by atoms with Gasteiger partial charge in [-0.2, -0.15) is 0 Å². The van der Waals surface area contributed by atoms with Crippen LogP contribution in [0.5, 0.6) is 0 Å². The standard InChI is InChI=1S/C35H37O5.ClH.Hg/c1-27-33(37-23-29-16-8-3-9-17-29)35(39-25-31-20-12-5-13-21-31)34(38-24-30-18-10-4-11-19-30)32(40-27)26-36-22-28-14-6-2-7-15-28;;/h2-21,27,32-35H,1,22-26H2;1H;/q;;+1/p-1/t27-,32-,33+,34-,35-;;/m1../s1. The first kappa shape index (κ1) is 31.3. The number of hydrogen-bond acceptors (Lipinski definition) is 5. The molecule has 4 aromatic rings. The van der Waals surface area contributed by atoms with Crippen molar-refractivity contribution in [1.82, 2.24) is 0 Å². The molecule has 1 heterocycles. The maximum atomic E-state index is 6.77. The molecule has 1 aliphatic rings. The van der Waals surface area contributed by atoms with Gasteiger partial charge in [-0.05, 0) is 0 Å². The Kier molecular flexibility index (Phi) is 12.9. The molecule has 216 valence electrons. The summed E-state index contributed by atoms with van der Waals surface area (Å²) in [6.45, 7) is 2.20. The molecule has 0 unspecified atom stereocenters. The Hall–Kier alpha value is -2.09. The molecule has 0 radical (unpaired) electrons. The van der Waals surface area contributed by atoms with Crippen LogP contribution in [0.15, 0.2) is 121 Å². The second kappa shape index (κ2) is 17.3. The van der Waals surface area contributed by atoms with Gasteiger partial charge >= 0.3 is 266 Å². The van der Waals surface area contributed by atoms with Crippen LogP contribution < -0.4 is 0 Å². The molecule has 0 bridgehead atoms. The first-order valence-electron chi connectivity index (χ1n) is 14.6. The van der Waals surface area contributed by atoms with E-state index in [4.69, 9.17) is 31.9 Å². The molecule has 5 nitrogen and oxygen atoms in total. The summed E-state index contributed by atoms with van der Waals surface area (Å²) >= 11 is -1.63. The van der Waals surface area contributed by atoms with Gasteiger partial charge in [0.05, 0.1) is 0 Å². The van der Waals surface area contributed by atoms with Gasteiger partial charge in [0.15, 0.2) is 0 Å². The van der Waals surface area contributed by atoms with Gasteiger partial charge in [0, 0.05) is 0 Å². The Bertz CT molecular complexity index is 1280. The average molecular weight is 774 g/mol. The van der Waals surface area contributed by atoms with Gasteiger partial charge in [-0.25, -0.2) is 0 Å². The number of halogens is 1. The zero-order valence-electron chi connectivity index (χ0n) is 23.8. The summed E-state index contributed by atoms with van der Waals surface area (Å²) in [6, 6.07) is 40.8. The molecular formula is C35H37ClHgO5. The number of benzene rings is 4. The van der Waals surface area contributed by atoms with Crippen molar-refractivity contribution in [3.05, 3.63) is 144 Å². The van der Waals surface area contributed by atoms with Crippen LogP contribution in [-0.2, 0) is 73.5 Å². The van der Waals surface area contributed by atoms with Crippen LogP contribution in [0, 0.1) is 0 Å². The molecular weight excluding hydrogens is 736 g/mol. The fraction of sp³-hybridized carbons (Fsp3) is 0.314. The zero-order valence-corrected chi connectivity index (χ0v) is 30.1. The molecule has 1 saturated heterocycles. The van der Waals surface area contributed by atoms with Crippen LogP contribution >= 0.6 is 8.25 Å². The minimum absolute atomic E-state index is 0.185. The molecule has 1 aliphatic heterocycles. The van der Waals surface area contributed by atoms with Crippen LogP contribution in [0.1, 0.15) is 22.3 Å². The van der Waals surface area contributed by atoms with Crippen molar-refractivity contribution in [2.24, 2.45) is 0 Å². The van der Waals surface area contributed by atoms with E-state index in [2.05, 4.69) is 48.5 Å². The molecule has 0 spiro atoms. The topological polar surface area (TPSA) is 46.2 Å². The van der Waals surface area contributed by atoms with E-state index in [0.717, 1.165) is 26.2 Å². The van der Waals surface area contributed by atoms with E-state index >= 15 is 0 Å². The van der Waals surface area contributed by atoms with Gasteiger partial charge in [-0.15, -0.1) is 0 Å². The monoisotopic (exact) mass is 774 g/mol. The fourth-order valence-corrected chi connectivity index (χ4v) is 9.75. The third kappa shape index (κ3) is 9.45. The zero-order chi connectivity index (χ0) is 28.8. The second-order valence-electron chi connectivity index (χ2n) is 10.5. The third-order valence-corrected chi connectivity index (χ3v) is 12.3. The quantitative estimate of drug-likeness (QED) is 0.118. The molecule has 0 saturated carbocycles. The molecule has 42 heavy (non-hydrogen) atoms. The van der Waals surface area contributed by atoms with Crippen molar-refractivity contribution in [2.45, 2.75) is 60.9 Å². The molecule has 0 N–H and O–H groups in total. The molecule has 5 atom stereocenters. The number of rotatable bonds is 15. The molecule has 0 aromatic heterocycles. The second-order valence-corrected chi connectivity index (χ2v) is 17.5. The SMILES string of the molecule is [Cl][Hg][CH2][C@H]1O[C@H](COCc2ccccc2)[C@@H](OCc2ccccc2)[C@H](OCc2ccccc2)[C@H]1OCc1ccccc1. The van der Waals surface area contributed by atoms with Gasteiger partial charge in [0.25, 0.3) is 0 Å². The molecule has 1 fully saturated rings. The van der Waals surface area contributed by atoms with Crippen molar-refractivity contribution in [3.8, 4) is 0 Å². The minimum atomic E-state index is -1.63. The fourth-order valence-electron chi connectivity index (χ4n) is 5.22. The van der Waals surface area contributed by atoms with E-state index in [1.54, 1.807) is 0 Å². The first-order chi connectivity index (χ1) is 20.8. The van der Waals surface area contributed by atoms with E-state index in [-0.39, 0.29) is 24.4 Å². The van der Waals surface area contributed by atoms with E-state index in [1.165, 1.54) is 0 Å². The molecule has 0 amide bonds. The summed E-state index contributed by atoms with van der Waals surface area (Å²) in [7, 11) is 6.53. The van der Waals surface area contributed by atoms with Crippen molar-refractivity contribution in [2.75, 3.05) is 6.61 Å². The van der Waals surface area contributed by atoms with Crippen molar-refractivity contribution >= 4 is 8.25 Å². The van der Waals surface area contributed by atoms with Crippen molar-refractivity contribution < 1.29 is 47.0 Å². The predicted molar refractivity (Wildman–Crippen MR) is 160 cm³/mol. The van der Waals surface area contributed by atoms with Crippen molar-refractivity contribution in [3.63, 3.8) is 0 Å². The maximum absolute atomic E-state index is 6.77. The predicted octanol–water partition coefficient (Wildman–Crippen LogP) is 7.38. The van der Waals surface area contributed by atoms with Gasteiger partial charge in [0.1, 0.15) is 0 Å². The Morgan fingerprint density at radius 3 is 1.31 bits per heavy atom. The Labute approximate surface area is 264 Å². The summed E-state index contributed by atoms with van der Waals surface area (Å²) < 4.78 is 33.9. The Balaban J connectivity index is 1.40. The summed E-state index contributed by atoms with van der Waals surface area (Å²) in [4.78, 5) is 0. The number of hydrogen-bond donors (Lipinski definition) is 0. The first-order valence-corrected chi connectivity index (χ1v) is 25.3. The summed E-state index contributed by atoms with van der Waals surface area (Å²) in [5.41, 5.74) is 4.40. The average Bonchev–Trinajstić information content (AvgIpc) is 3.05. The van der Waals surface area contributed by atoms with E-state index in [9.17, 15) is 0 Å². The molecule has 0 aliphatic carbocycles. The third-order valence-electron chi connectivity index (χ3n) is 7.37. The van der Waals surface area contributed by atoms with E-state index in [1.807, 2.05) is 72.8 Å². The molecule has 5 rings (SSSR count). The summed E-state index contributed by atoms with van der Waals surface area (Å²) in [6.07, 6.45) is -1.64. The Morgan fingerprint density at radius 1 is 0.500 bits per heavy atom. The normalized spacial score (nSPS) is 22.0. The van der Waals surface area contributed by atoms with Crippen LogP contribution in [0.3, 0.4) is 0 Å².